The quantitative estimate of drug-likeness (QED) is 0.0265. The molecule has 0 heterocycles. The van der Waals surface area contributed by atoms with Crippen molar-refractivity contribution in [3.8, 4) is 0 Å². The Morgan fingerprint density at radius 3 is 1.24 bits per heavy atom. The minimum absolute atomic E-state index is 0.0443. The van der Waals surface area contributed by atoms with Crippen LogP contribution >= 0.6 is 7.82 Å². The Hall–Kier alpha value is -3.59. The highest BCUT2D eigenvalue weighted by Gasteiger charge is 2.26. The van der Waals surface area contributed by atoms with E-state index in [1.807, 2.05) is 0 Å². The molecule has 10 heteroatoms. The van der Waals surface area contributed by atoms with Gasteiger partial charge in [0.25, 0.3) is 0 Å². The lowest BCUT2D eigenvalue weighted by molar-refractivity contribution is -0.161. The topological polar surface area (TPSA) is 134 Å². The molecule has 0 bridgehead atoms. The molecule has 0 aromatic rings. The van der Waals surface area contributed by atoms with Crippen molar-refractivity contribution in [3.63, 3.8) is 0 Å². The molecule has 0 rings (SSSR count). The predicted molar refractivity (Wildman–Crippen MR) is 284 cm³/mol. The average molecular weight is 952 g/mol. The first-order valence-electron chi connectivity index (χ1n) is 26.0. The summed E-state index contributed by atoms with van der Waals surface area (Å²) in [6.45, 7) is 3.53. The summed E-state index contributed by atoms with van der Waals surface area (Å²) in [6.07, 6.45) is 71.1. The lowest BCUT2D eigenvalue weighted by Crippen LogP contribution is -2.29. The molecule has 0 aromatic heterocycles. The molecule has 2 atom stereocenters. The number of hydrogen-bond donors (Lipinski definition) is 2. The van der Waals surface area contributed by atoms with Gasteiger partial charge in [0.1, 0.15) is 6.61 Å². The Kier molecular flexibility index (Phi) is 49.0. The minimum atomic E-state index is -4.39. The zero-order valence-corrected chi connectivity index (χ0v) is 43.0. The van der Waals surface area contributed by atoms with Crippen LogP contribution in [0.2, 0.25) is 0 Å². The third-order valence-corrected chi connectivity index (χ3v) is 11.3. The summed E-state index contributed by atoms with van der Waals surface area (Å²) >= 11 is 0. The number of unbranched alkanes of at least 4 members (excludes halogenated alkanes) is 14. The summed E-state index contributed by atoms with van der Waals surface area (Å²) in [5, 5.41) is 0. The van der Waals surface area contributed by atoms with Crippen molar-refractivity contribution in [2.75, 3.05) is 26.4 Å². The number of nitrogens with two attached hydrogens (primary N) is 1. The SMILES string of the molecule is CC/C=C\C/C=C\C/C=C\C/C=C\C/C=C\C/C=C\C/C=C\C/C=C\C/C=C\CCCCCCCCCC(=O)OC(COC(=O)CCCCCCC/C=C\CCCC)COP(=O)(O)OCCN. The smallest absolute Gasteiger partial charge is 0.462 e. The van der Waals surface area contributed by atoms with Gasteiger partial charge in [-0.1, -0.05) is 200 Å². The standard InChI is InChI=1S/C57H94NO8P/c1-3-5-7-9-11-13-15-16-17-18-19-20-21-22-23-24-25-26-27-28-29-30-31-32-33-34-35-36-37-38-40-42-44-46-48-50-57(60)66-55(54-65-67(61,62)64-52-51-58)53-63-56(59)49-47-45-43-41-39-14-12-10-8-6-4-2/h5,7,10-13,16-17,19-20,22-23,25-26,28-29,31-32,34-35,55H,3-4,6,8-9,14-15,18,21,24,27,30,33,36-54,58H2,1-2H3,(H,61,62)/b7-5-,12-10-,13-11-,17-16-,20-19-,23-22-,26-25-,29-28-,32-31-,35-34-. The Balaban J connectivity index is 4.03. The van der Waals surface area contributed by atoms with Crippen LogP contribution in [0.5, 0.6) is 0 Å². The van der Waals surface area contributed by atoms with Crippen LogP contribution in [0, 0.1) is 0 Å². The molecule has 2 unspecified atom stereocenters. The van der Waals surface area contributed by atoms with E-state index in [0.717, 1.165) is 128 Å². The lowest BCUT2D eigenvalue weighted by atomic mass is 10.1. The van der Waals surface area contributed by atoms with E-state index in [4.69, 9.17) is 24.3 Å². The molecule has 0 saturated carbocycles. The van der Waals surface area contributed by atoms with Crippen LogP contribution < -0.4 is 5.73 Å². The lowest BCUT2D eigenvalue weighted by Gasteiger charge is -2.19. The summed E-state index contributed by atoms with van der Waals surface area (Å²) in [6, 6.07) is 0. The van der Waals surface area contributed by atoms with Gasteiger partial charge in [-0.15, -0.1) is 0 Å². The Morgan fingerprint density at radius 1 is 0.463 bits per heavy atom. The molecule has 0 aliphatic rings. The second kappa shape index (κ2) is 51.8. The summed E-state index contributed by atoms with van der Waals surface area (Å²) in [7, 11) is -4.39. The van der Waals surface area contributed by atoms with Crippen molar-refractivity contribution in [1.29, 1.82) is 0 Å². The summed E-state index contributed by atoms with van der Waals surface area (Å²) in [5.41, 5.74) is 5.36. The Bertz CT molecular complexity index is 1500. The van der Waals surface area contributed by atoms with E-state index in [2.05, 4.69) is 135 Å². The minimum Gasteiger partial charge on any atom is -0.462 e. The Morgan fingerprint density at radius 2 is 0.821 bits per heavy atom. The van der Waals surface area contributed by atoms with Crippen LogP contribution in [-0.4, -0.2) is 49.3 Å². The third kappa shape index (κ3) is 51.6. The molecule has 3 N–H and O–H groups in total. The second-order valence-corrected chi connectivity index (χ2v) is 18.1. The number of ether oxygens (including phenoxy) is 2. The normalized spacial score (nSPS) is 14.1. The van der Waals surface area contributed by atoms with Crippen molar-refractivity contribution in [3.05, 3.63) is 122 Å². The zero-order chi connectivity index (χ0) is 48.8. The van der Waals surface area contributed by atoms with E-state index in [0.29, 0.717) is 12.8 Å². The van der Waals surface area contributed by atoms with E-state index in [-0.39, 0.29) is 32.6 Å². The monoisotopic (exact) mass is 952 g/mol. The maximum absolute atomic E-state index is 12.6. The highest BCUT2D eigenvalue weighted by Crippen LogP contribution is 2.43. The fourth-order valence-electron chi connectivity index (χ4n) is 6.49. The van der Waals surface area contributed by atoms with Crippen LogP contribution in [0.4, 0.5) is 0 Å². The molecular weight excluding hydrogens is 858 g/mol. The van der Waals surface area contributed by atoms with Crippen molar-refractivity contribution >= 4 is 19.8 Å². The van der Waals surface area contributed by atoms with Crippen molar-refractivity contribution in [1.82, 2.24) is 0 Å². The van der Waals surface area contributed by atoms with E-state index in [1.165, 1.54) is 25.7 Å². The van der Waals surface area contributed by atoms with Crippen LogP contribution in [0.3, 0.4) is 0 Å². The average Bonchev–Trinajstić information content (AvgIpc) is 3.32. The van der Waals surface area contributed by atoms with Crippen LogP contribution in [0.25, 0.3) is 0 Å². The van der Waals surface area contributed by atoms with Gasteiger partial charge in [0.05, 0.1) is 13.2 Å². The molecular formula is C57H94NO8P. The molecule has 0 aliphatic carbocycles. The second-order valence-electron chi connectivity index (χ2n) is 16.7. The van der Waals surface area contributed by atoms with Gasteiger partial charge in [-0.05, 0) is 103 Å². The first-order valence-corrected chi connectivity index (χ1v) is 27.5. The third-order valence-electron chi connectivity index (χ3n) is 10.3. The van der Waals surface area contributed by atoms with Crippen LogP contribution in [0.1, 0.15) is 194 Å². The number of phosphoric ester groups is 1. The van der Waals surface area contributed by atoms with Crippen molar-refractivity contribution in [2.24, 2.45) is 5.73 Å². The van der Waals surface area contributed by atoms with E-state index < -0.39 is 32.5 Å². The van der Waals surface area contributed by atoms with E-state index in [1.54, 1.807) is 0 Å². The fraction of sp³-hybridized carbons (Fsp3) is 0.614. The number of carbonyl (C=O) groups is 2. The number of phosphoric acid groups is 1. The summed E-state index contributed by atoms with van der Waals surface area (Å²) in [4.78, 5) is 34.9. The number of hydrogen-bond acceptors (Lipinski definition) is 8. The molecule has 0 aliphatic heterocycles. The molecule has 0 fully saturated rings. The largest absolute Gasteiger partial charge is 0.472 e. The van der Waals surface area contributed by atoms with Gasteiger partial charge in [-0.25, -0.2) is 4.57 Å². The Labute approximate surface area is 409 Å². The molecule has 0 radical (unpaired) electrons. The van der Waals surface area contributed by atoms with Gasteiger partial charge in [-0.2, -0.15) is 0 Å². The van der Waals surface area contributed by atoms with Gasteiger partial charge in [0, 0.05) is 19.4 Å². The van der Waals surface area contributed by atoms with Gasteiger partial charge in [-0.3, -0.25) is 18.6 Å². The summed E-state index contributed by atoms with van der Waals surface area (Å²) < 4.78 is 32.8. The highest BCUT2D eigenvalue weighted by atomic mass is 31.2. The van der Waals surface area contributed by atoms with E-state index in [9.17, 15) is 19.0 Å². The zero-order valence-electron chi connectivity index (χ0n) is 42.1. The van der Waals surface area contributed by atoms with Gasteiger partial charge in [0.2, 0.25) is 0 Å². The molecule has 0 spiro atoms. The fourth-order valence-corrected chi connectivity index (χ4v) is 7.25. The van der Waals surface area contributed by atoms with Gasteiger partial charge < -0.3 is 20.1 Å². The molecule has 380 valence electrons. The number of esters is 2. The number of allylic oxidation sites excluding steroid dienone is 20. The molecule has 0 aromatic carbocycles. The van der Waals surface area contributed by atoms with Crippen LogP contribution in [0.15, 0.2) is 122 Å². The first-order chi connectivity index (χ1) is 32.8. The molecule has 9 nitrogen and oxygen atoms in total. The van der Waals surface area contributed by atoms with Gasteiger partial charge in [0.15, 0.2) is 6.10 Å². The first kappa shape index (κ1) is 63.4. The maximum Gasteiger partial charge on any atom is 0.472 e. The number of carbonyl (C=O) groups excluding carboxylic acids is 2. The van der Waals surface area contributed by atoms with Crippen molar-refractivity contribution in [2.45, 2.75) is 200 Å². The molecule has 0 amide bonds. The van der Waals surface area contributed by atoms with Gasteiger partial charge >= 0.3 is 19.8 Å². The molecule has 67 heavy (non-hydrogen) atoms. The van der Waals surface area contributed by atoms with Crippen molar-refractivity contribution < 1.29 is 37.6 Å². The van der Waals surface area contributed by atoms with E-state index >= 15 is 0 Å². The van der Waals surface area contributed by atoms with Crippen LogP contribution in [-0.2, 0) is 32.7 Å². The summed E-state index contributed by atoms with van der Waals surface area (Å²) in [5.74, 6) is -0.863. The highest BCUT2D eigenvalue weighted by molar-refractivity contribution is 7.47. The maximum atomic E-state index is 12.6. The number of rotatable bonds is 47. The predicted octanol–water partition coefficient (Wildman–Crippen LogP) is 16.1. The molecule has 0 saturated heterocycles.